The number of hydrogen-bond donors (Lipinski definition) is 3. The van der Waals surface area contributed by atoms with Gasteiger partial charge in [-0.05, 0) is 55.5 Å². The quantitative estimate of drug-likeness (QED) is 0.170. The summed E-state index contributed by atoms with van der Waals surface area (Å²) >= 11 is 1.14. The highest BCUT2D eigenvalue weighted by molar-refractivity contribution is 7.99. The molecule has 0 fully saturated rings. The minimum absolute atomic E-state index is 0.0247. The zero-order valence-corrected chi connectivity index (χ0v) is 21.9. The van der Waals surface area contributed by atoms with Crippen molar-refractivity contribution in [1.29, 1.82) is 0 Å². The Balaban J connectivity index is 1.64. The van der Waals surface area contributed by atoms with Gasteiger partial charge in [0, 0.05) is 17.8 Å². The molecule has 1 aromatic heterocycles. The zero-order chi connectivity index (χ0) is 27.5. The molecule has 0 aliphatic heterocycles. The van der Waals surface area contributed by atoms with Gasteiger partial charge in [0.05, 0.1) is 31.6 Å². The molecule has 1 heterocycles. The van der Waals surface area contributed by atoms with Crippen molar-refractivity contribution < 1.29 is 29.0 Å². The van der Waals surface area contributed by atoms with Crippen LogP contribution in [0.2, 0.25) is 0 Å². The first-order chi connectivity index (χ1) is 18.4. The highest BCUT2D eigenvalue weighted by Crippen LogP contribution is 2.22. The number of methoxy groups -OCH3 is 1. The number of aliphatic hydroxyl groups excluding tert-OH is 1. The number of esters is 1. The van der Waals surface area contributed by atoms with Gasteiger partial charge in [-0.15, -0.1) is 16.8 Å². The number of amides is 2. The summed E-state index contributed by atoms with van der Waals surface area (Å²) in [6, 6.07) is 12.1. The number of nitrogens with zero attached hydrogens (tertiary/aromatic N) is 3. The van der Waals surface area contributed by atoms with E-state index in [2.05, 4.69) is 27.4 Å². The average molecular weight is 540 g/mol. The normalized spacial score (nSPS) is 11.3. The Bertz CT molecular complexity index is 1260. The second kappa shape index (κ2) is 14.0. The Kier molecular flexibility index (Phi) is 10.4. The van der Waals surface area contributed by atoms with Crippen molar-refractivity contribution in [2.45, 2.75) is 24.7 Å². The molecule has 0 bridgehead atoms. The monoisotopic (exact) mass is 539 g/mol. The van der Waals surface area contributed by atoms with E-state index in [0.29, 0.717) is 40.1 Å². The van der Waals surface area contributed by atoms with Crippen molar-refractivity contribution in [2.24, 2.45) is 0 Å². The second-order valence-corrected chi connectivity index (χ2v) is 8.75. The fraction of sp³-hybridized carbons (Fsp3) is 0.269. The van der Waals surface area contributed by atoms with Gasteiger partial charge < -0.3 is 29.8 Å². The van der Waals surface area contributed by atoms with E-state index in [9.17, 15) is 19.5 Å². The molecule has 0 unspecified atom stereocenters. The molecule has 0 aliphatic carbocycles. The molecule has 2 amide bonds. The third kappa shape index (κ3) is 7.43. The molecular weight excluding hydrogens is 510 g/mol. The number of ether oxygens (including phenoxy) is 2. The number of aromatic nitrogens is 3. The molecule has 3 rings (SSSR count). The van der Waals surface area contributed by atoms with Gasteiger partial charge in [0.1, 0.15) is 11.8 Å². The molecule has 12 heteroatoms. The van der Waals surface area contributed by atoms with E-state index in [4.69, 9.17) is 9.47 Å². The smallest absolute Gasteiger partial charge is 0.338 e. The Morgan fingerprint density at radius 2 is 1.79 bits per heavy atom. The fourth-order valence-electron chi connectivity index (χ4n) is 3.37. The Hall–Kier alpha value is -4.16. The lowest BCUT2D eigenvalue weighted by Crippen LogP contribution is -2.33. The maximum absolute atomic E-state index is 12.7. The van der Waals surface area contributed by atoms with Crippen LogP contribution in [0.4, 0.5) is 5.69 Å². The van der Waals surface area contributed by atoms with E-state index < -0.39 is 24.5 Å². The minimum atomic E-state index is -0.835. The van der Waals surface area contributed by atoms with Crippen LogP contribution in [0.15, 0.2) is 66.3 Å². The number of benzene rings is 2. The number of aliphatic hydroxyl groups is 1. The van der Waals surface area contributed by atoms with Crippen molar-refractivity contribution in [3.8, 4) is 5.75 Å². The summed E-state index contributed by atoms with van der Waals surface area (Å²) in [6.07, 6.45) is 1.63. The van der Waals surface area contributed by atoms with Gasteiger partial charge in [-0.2, -0.15) is 0 Å². The van der Waals surface area contributed by atoms with Crippen LogP contribution >= 0.6 is 11.8 Å². The second-order valence-electron chi connectivity index (χ2n) is 7.81. The Morgan fingerprint density at radius 3 is 2.39 bits per heavy atom. The van der Waals surface area contributed by atoms with Crippen LogP contribution < -0.4 is 15.4 Å². The summed E-state index contributed by atoms with van der Waals surface area (Å²) in [4.78, 5) is 37.0. The van der Waals surface area contributed by atoms with Gasteiger partial charge >= 0.3 is 5.97 Å². The Morgan fingerprint density at radius 1 is 1.11 bits per heavy atom. The van der Waals surface area contributed by atoms with Gasteiger partial charge in [-0.1, -0.05) is 17.8 Å². The van der Waals surface area contributed by atoms with Gasteiger partial charge in [0.2, 0.25) is 5.91 Å². The largest absolute Gasteiger partial charge is 0.497 e. The summed E-state index contributed by atoms with van der Waals surface area (Å²) < 4.78 is 11.7. The summed E-state index contributed by atoms with van der Waals surface area (Å²) in [5.74, 6) is -0.157. The maximum Gasteiger partial charge on any atom is 0.338 e. The number of nitrogens with one attached hydrogen (secondary N) is 2. The zero-order valence-electron chi connectivity index (χ0n) is 21.0. The molecule has 11 nitrogen and oxygen atoms in total. The number of carbonyl (C=O) groups excluding carboxylic acids is 3. The van der Waals surface area contributed by atoms with E-state index in [0.717, 1.165) is 11.8 Å². The SMILES string of the molecule is C=CCn1c(SCC(=O)Nc2ccc(C(=O)OCC)cc2)nnc1[C@H](CO)NC(=O)c1ccc(OC)cc1. The molecule has 1 atom stereocenters. The summed E-state index contributed by atoms with van der Waals surface area (Å²) in [5.41, 5.74) is 1.31. The molecule has 38 heavy (non-hydrogen) atoms. The molecule has 0 aliphatic rings. The molecule has 2 aromatic carbocycles. The molecule has 0 saturated heterocycles. The number of carbonyl (C=O) groups is 3. The lowest BCUT2D eigenvalue weighted by Gasteiger charge is -2.17. The number of thioether (sulfide) groups is 1. The highest BCUT2D eigenvalue weighted by Gasteiger charge is 2.23. The predicted molar refractivity (Wildman–Crippen MR) is 142 cm³/mol. The lowest BCUT2D eigenvalue weighted by atomic mass is 10.2. The first-order valence-corrected chi connectivity index (χ1v) is 12.7. The van der Waals surface area contributed by atoms with E-state index in [-0.39, 0.29) is 18.3 Å². The van der Waals surface area contributed by atoms with Crippen LogP contribution in [0.3, 0.4) is 0 Å². The maximum atomic E-state index is 12.7. The third-order valence-electron chi connectivity index (χ3n) is 5.22. The molecule has 3 aromatic rings. The van der Waals surface area contributed by atoms with Crippen molar-refractivity contribution in [3.63, 3.8) is 0 Å². The molecular formula is C26H29N5O6S. The van der Waals surface area contributed by atoms with Crippen LogP contribution in [0.25, 0.3) is 0 Å². The van der Waals surface area contributed by atoms with Crippen LogP contribution in [0, 0.1) is 0 Å². The number of hydrogen-bond acceptors (Lipinski definition) is 9. The molecule has 0 saturated carbocycles. The summed E-state index contributed by atoms with van der Waals surface area (Å²) in [7, 11) is 1.53. The van der Waals surface area contributed by atoms with E-state index >= 15 is 0 Å². The molecule has 3 N–H and O–H groups in total. The molecule has 0 spiro atoms. The van der Waals surface area contributed by atoms with Crippen LogP contribution in [-0.2, 0) is 16.1 Å². The first-order valence-electron chi connectivity index (χ1n) is 11.7. The van der Waals surface area contributed by atoms with Gasteiger partial charge in [0.15, 0.2) is 11.0 Å². The van der Waals surface area contributed by atoms with Crippen molar-refractivity contribution >= 4 is 35.2 Å². The van der Waals surface area contributed by atoms with Crippen LogP contribution in [0.1, 0.15) is 39.5 Å². The van der Waals surface area contributed by atoms with Crippen LogP contribution in [0.5, 0.6) is 5.75 Å². The van der Waals surface area contributed by atoms with Gasteiger partial charge in [0.25, 0.3) is 5.91 Å². The van der Waals surface area contributed by atoms with Crippen molar-refractivity contribution in [1.82, 2.24) is 20.1 Å². The summed E-state index contributed by atoms with van der Waals surface area (Å²) in [6.45, 7) is 5.65. The standard InChI is InChI=1S/C26H29N5O6S/c1-4-14-31-23(21(15-32)28-24(34)17-8-12-20(36-3)13-9-17)29-30-26(31)38-16-22(33)27-19-10-6-18(7-11-19)25(35)37-5-2/h4,6-13,21,32H,1,5,14-16H2,2-3H3,(H,27,33)(H,28,34)/t21-/m0/s1. The third-order valence-corrected chi connectivity index (χ3v) is 6.19. The van der Waals surface area contributed by atoms with Crippen molar-refractivity contribution in [2.75, 3.05) is 31.4 Å². The van der Waals surface area contributed by atoms with E-state index in [1.807, 2.05) is 0 Å². The Labute approximate surface area is 224 Å². The molecule has 200 valence electrons. The molecule has 0 radical (unpaired) electrons. The summed E-state index contributed by atoms with van der Waals surface area (Å²) in [5, 5.41) is 24.2. The number of anilines is 1. The van der Waals surface area contributed by atoms with Crippen LogP contribution in [-0.4, -0.2) is 63.7 Å². The number of allylic oxidation sites excluding steroid dienone is 1. The van der Waals surface area contributed by atoms with E-state index in [1.165, 1.54) is 7.11 Å². The van der Waals surface area contributed by atoms with Gasteiger partial charge in [-0.25, -0.2) is 4.79 Å². The fourth-order valence-corrected chi connectivity index (χ4v) is 4.13. The van der Waals surface area contributed by atoms with E-state index in [1.54, 1.807) is 66.1 Å². The van der Waals surface area contributed by atoms with Crippen molar-refractivity contribution in [3.05, 3.63) is 78.1 Å². The average Bonchev–Trinajstić information content (AvgIpc) is 3.33. The first kappa shape index (κ1) is 28.4. The topological polar surface area (TPSA) is 145 Å². The predicted octanol–water partition coefficient (Wildman–Crippen LogP) is 2.84. The number of rotatable bonds is 13. The highest BCUT2D eigenvalue weighted by atomic mass is 32.2. The lowest BCUT2D eigenvalue weighted by molar-refractivity contribution is -0.113. The minimum Gasteiger partial charge on any atom is -0.497 e. The van der Waals surface area contributed by atoms with Gasteiger partial charge in [-0.3, -0.25) is 9.59 Å².